The highest BCUT2D eigenvalue weighted by molar-refractivity contribution is 6.04. The Labute approximate surface area is 129 Å². The molecule has 2 aromatic carbocycles. The summed E-state index contributed by atoms with van der Waals surface area (Å²) >= 11 is 0. The normalized spacial score (nSPS) is 11.1. The molecule has 0 aliphatic rings. The Kier molecular flexibility index (Phi) is 4.68. The summed E-state index contributed by atoms with van der Waals surface area (Å²) in [4.78, 5) is 23.1. The van der Waals surface area contributed by atoms with Crippen LogP contribution >= 0.6 is 0 Å². The number of carbonyl (C=O) groups excluding carboxylic acids is 1. The van der Waals surface area contributed by atoms with E-state index in [0.29, 0.717) is 0 Å². The molecule has 0 bridgehead atoms. The van der Waals surface area contributed by atoms with Gasteiger partial charge in [-0.3, -0.25) is 4.79 Å². The fraction of sp³-hybridized carbons (Fsp3) is 0.125. The van der Waals surface area contributed by atoms with E-state index < -0.39 is 23.6 Å². The van der Waals surface area contributed by atoms with Crippen molar-refractivity contribution in [3.63, 3.8) is 0 Å². The van der Waals surface area contributed by atoms with Gasteiger partial charge in [0.1, 0.15) is 0 Å². The van der Waals surface area contributed by atoms with Crippen molar-refractivity contribution in [2.24, 2.45) is 0 Å². The highest BCUT2D eigenvalue weighted by Gasteiger charge is 2.30. The topological polar surface area (TPSA) is 66.4 Å². The van der Waals surface area contributed by atoms with Crippen LogP contribution in [0.4, 0.5) is 13.2 Å². The van der Waals surface area contributed by atoms with Gasteiger partial charge in [0.2, 0.25) is 0 Å². The van der Waals surface area contributed by atoms with Crippen molar-refractivity contribution in [3.05, 3.63) is 70.8 Å². The predicted octanol–water partition coefficient (Wildman–Crippen LogP) is 3.33. The number of nitrogens with one attached hydrogen (secondary N) is 1. The van der Waals surface area contributed by atoms with E-state index in [4.69, 9.17) is 5.11 Å². The number of benzene rings is 2. The van der Waals surface area contributed by atoms with E-state index in [1.807, 2.05) is 0 Å². The van der Waals surface area contributed by atoms with Gasteiger partial charge in [0, 0.05) is 6.54 Å². The molecule has 7 heteroatoms. The molecule has 0 saturated carbocycles. The highest BCUT2D eigenvalue weighted by Crippen LogP contribution is 2.29. The minimum absolute atomic E-state index is 0.0491. The monoisotopic (exact) mass is 323 g/mol. The average molecular weight is 323 g/mol. The van der Waals surface area contributed by atoms with Gasteiger partial charge in [-0.05, 0) is 29.8 Å². The predicted molar refractivity (Wildman–Crippen MR) is 76.0 cm³/mol. The Morgan fingerprint density at radius 2 is 1.65 bits per heavy atom. The molecule has 0 saturated heterocycles. The summed E-state index contributed by atoms with van der Waals surface area (Å²) in [5, 5.41) is 11.4. The second kappa shape index (κ2) is 6.51. The largest absolute Gasteiger partial charge is 0.478 e. The highest BCUT2D eigenvalue weighted by atomic mass is 19.4. The van der Waals surface area contributed by atoms with Gasteiger partial charge in [-0.25, -0.2) is 4.79 Å². The van der Waals surface area contributed by atoms with Crippen LogP contribution in [0, 0.1) is 0 Å². The third kappa shape index (κ3) is 4.09. The van der Waals surface area contributed by atoms with Gasteiger partial charge < -0.3 is 10.4 Å². The Morgan fingerprint density at radius 3 is 2.26 bits per heavy atom. The molecule has 120 valence electrons. The van der Waals surface area contributed by atoms with Crippen LogP contribution in [-0.2, 0) is 12.7 Å². The first kappa shape index (κ1) is 16.5. The van der Waals surface area contributed by atoms with E-state index >= 15 is 0 Å². The number of aromatic carboxylic acids is 1. The fourth-order valence-electron chi connectivity index (χ4n) is 2.00. The van der Waals surface area contributed by atoms with Crippen LogP contribution in [0.25, 0.3) is 0 Å². The summed E-state index contributed by atoms with van der Waals surface area (Å²) in [6, 6.07) is 10.2. The minimum Gasteiger partial charge on any atom is -0.478 e. The number of halogens is 3. The van der Waals surface area contributed by atoms with Crippen LogP contribution in [0.5, 0.6) is 0 Å². The molecular formula is C16H12F3NO3. The summed E-state index contributed by atoms with van der Waals surface area (Å²) in [6.45, 7) is -0.142. The lowest BCUT2D eigenvalue weighted by Gasteiger charge is -2.10. The zero-order chi connectivity index (χ0) is 17.0. The molecular weight excluding hydrogens is 311 g/mol. The fourth-order valence-corrected chi connectivity index (χ4v) is 2.00. The summed E-state index contributed by atoms with van der Waals surface area (Å²) in [6.07, 6.45) is -4.46. The Hall–Kier alpha value is -2.83. The quantitative estimate of drug-likeness (QED) is 0.907. The smallest absolute Gasteiger partial charge is 0.416 e. The number of hydrogen-bond acceptors (Lipinski definition) is 2. The van der Waals surface area contributed by atoms with Crippen LogP contribution in [0.15, 0.2) is 48.5 Å². The van der Waals surface area contributed by atoms with Crippen molar-refractivity contribution in [2.75, 3.05) is 0 Å². The lowest BCUT2D eigenvalue weighted by molar-refractivity contribution is -0.137. The van der Waals surface area contributed by atoms with Gasteiger partial charge in [0.15, 0.2) is 0 Å². The number of rotatable bonds is 4. The summed E-state index contributed by atoms with van der Waals surface area (Å²) in [5.41, 5.74) is -0.766. The maximum absolute atomic E-state index is 12.6. The van der Waals surface area contributed by atoms with Crippen molar-refractivity contribution in [1.82, 2.24) is 5.32 Å². The van der Waals surface area contributed by atoms with E-state index in [-0.39, 0.29) is 23.2 Å². The SMILES string of the molecule is O=C(O)c1ccccc1C(=O)NCc1cccc(C(F)(F)F)c1. The molecule has 0 aliphatic heterocycles. The van der Waals surface area contributed by atoms with E-state index in [0.717, 1.165) is 12.1 Å². The van der Waals surface area contributed by atoms with Crippen molar-refractivity contribution in [3.8, 4) is 0 Å². The van der Waals surface area contributed by atoms with Gasteiger partial charge >= 0.3 is 12.1 Å². The molecule has 0 fully saturated rings. The minimum atomic E-state index is -4.46. The number of alkyl halides is 3. The second-order valence-electron chi connectivity index (χ2n) is 4.73. The standard InChI is InChI=1S/C16H12F3NO3/c17-16(18,19)11-5-3-4-10(8-11)9-20-14(21)12-6-1-2-7-13(12)15(22)23/h1-8H,9H2,(H,20,21)(H,22,23). The van der Waals surface area contributed by atoms with Crippen molar-refractivity contribution < 1.29 is 27.9 Å². The van der Waals surface area contributed by atoms with E-state index in [1.165, 1.54) is 36.4 Å². The van der Waals surface area contributed by atoms with Gasteiger partial charge in [0.25, 0.3) is 5.91 Å². The molecule has 2 aromatic rings. The molecule has 0 atom stereocenters. The first-order valence-corrected chi connectivity index (χ1v) is 6.55. The van der Waals surface area contributed by atoms with E-state index in [9.17, 15) is 22.8 Å². The van der Waals surface area contributed by atoms with Gasteiger partial charge in [-0.15, -0.1) is 0 Å². The lowest BCUT2D eigenvalue weighted by Crippen LogP contribution is -2.25. The molecule has 0 spiro atoms. The first-order chi connectivity index (χ1) is 10.8. The van der Waals surface area contributed by atoms with Gasteiger partial charge in [-0.2, -0.15) is 13.2 Å². The van der Waals surface area contributed by atoms with Crippen LogP contribution < -0.4 is 5.32 Å². The Balaban J connectivity index is 2.13. The molecule has 2 rings (SSSR count). The maximum Gasteiger partial charge on any atom is 0.416 e. The number of carboxylic acid groups (broad SMARTS) is 1. The van der Waals surface area contributed by atoms with Gasteiger partial charge in [-0.1, -0.05) is 24.3 Å². The molecule has 1 amide bonds. The third-order valence-electron chi connectivity index (χ3n) is 3.11. The van der Waals surface area contributed by atoms with E-state index in [2.05, 4.69) is 5.32 Å². The average Bonchev–Trinajstić information content (AvgIpc) is 2.52. The number of carboxylic acids is 1. The molecule has 0 heterocycles. The van der Waals surface area contributed by atoms with Crippen molar-refractivity contribution in [1.29, 1.82) is 0 Å². The number of carbonyl (C=O) groups is 2. The molecule has 23 heavy (non-hydrogen) atoms. The van der Waals surface area contributed by atoms with Crippen molar-refractivity contribution >= 4 is 11.9 Å². The van der Waals surface area contributed by atoms with Crippen LogP contribution in [0.2, 0.25) is 0 Å². The molecule has 0 aliphatic carbocycles. The Morgan fingerprint density at radius 1 is 1.00 bits per heavy atom. The molecule has 0 aromatic heterocycles. The summed E-state index contributed by atoms with van der Waals surface area (Å²) in [5.74, 6) is -1.92. The van der Waals surface area contributed by atoms with E-state index in [1.54, 1.807) is 0 Å². The second-order valence-corrected chi connectivity index (χ2v) is 4.73. The third-order valence-corrected chi connectivity index (χ3v) is 3.11. The summed E-state index contributed by atoms with van der Waals surface area (Å²) in [7, 11) is 0. The maximum atomic E-state index is 12.6. The van der Waals surface area contributed by atoms with Crippen LogP contribution in [0.1, 0.15) is 31.8 Å². The zero-order valence-electron chi connectivity index (χ0n) is 11.7. The first-order valence-electron chi connectivity index (χ1n) is 6.55. The summed E-state index contributed by atoms with van der Waals surface area (Å²) < 4.78 is 37.9. The molecule has 0 radical (unpaired) electrons. The zero-order valence-corrected chi connectivity index (χ0v) is 11.7. The molecule has 0 unspecified atom stereocenters. The lowest BCUT2D eigenvalue weighted by atomic mass is 10.1. The molecule has 4 nitrogen and oxygen atoms in total. The van der Waals surface area contributed by atoms with Crippen LogP contribution in [-0.4, -0.2) is 17.0 Å². The van der Waals surface area contributed by atoms with Gasteiger partial charge in [0.05, 0.1) is 16.7 Å². The Bertz CT molecular complexity index is 741. The van der Waals surface area contributed by atoms with Crippen LogP contribution in [0.3, 0.4) is 0 Å². The number of hydrogen-bond donors (Lipinski definition) is 2. The molecule has 2 N–H and O–H groups in total. The number of amides is 1. The van der Waals surface area contributed by atoms with Crippen molar-refractivity contribution in [2.45, 2.75) is 12.7 Å².